The van der Waals surface area contributed by atoms with Crippen LogP contribution in [0.15, 0.2) is 18.3 Å². The van der Waals surface area contributed by atoms with Crippen LogP contribution in [0.3, 0.4) is 0 Å². The summed E-state index contributed by atoms with van der Waals surface area (Å²) < 4.78 is 1.76. The number of rotatable bonds is 3. The van der Waals surface area contributed by atoms with Crippen molar-refractivity contribution >= 4 is 22.4 Å². The number of hydrogen-bond acceptors (Lipinski definition) is 4. The first kappa shape index (κ1) is 11.8. The molecule has 0 bridgehead atoms. The van der Waals surface area contributed by atoms with Crippen LogP contribution in [0.2, 0.25) is 0 Å². The van der Waals surface area contributed by atoms with Crippen LogP contribution < -0.4 is 5.32 Å². The van der Waals surface area contributed by atoms with Gasteiger partial charge in [0, 0.05) is 19.2 Å². The topological polar surface area (TPSA) is 59.8 Å². The molecule has 2 aromatic heterocycles. The van der Waals surface area contributed by atoms with Crippen molar-refractivity contribution in [1.29, 1.82) is 0 Å². The fraction of sp³-hybridized carbons (Fsp3) is 0.364. The summed E-state index contributed by atoms with van der Waals surface area (Å²) >= 11 is 1.41. The van der Waals surface area contributed by atoms with Crippen LogP contribution in [0.4, 0.5) is 5.13 Å². The molecule has 2 heterocycles. The van der Waals surface area contributed by atoms with Gasteiger partial charge in [-0.15, -0.1) is 10.2 Å². The second-order valence-electron chi connectivity index (χ2n) is 4.06. The molecule has 90 valence electrons. The van der Waals surface area contributed by atoms with Crippen molar-refractivity contribution in [2.45, 2.75) is 19.8 Å². The number of amides is 1. The summed E-state index contributed by atoms with van der Waals surface area (Å²) in [7, 11) is 1.83. The molecule has 0 atom stereocenters. The molecule has 0 aliphatic heterocycles. The van der Waals surface area contributed by atoms with Gasteiger partial charge < -0.3 is 4.57 Å². The Labute approximate surface area is 103 Å². The highest BCUT2D eigenvalue weighted by Gasteiger charge is 2.13. The molecule has 17 heavy (non-hydrogen) atoms. The van der Waals surface area contributed by atoms with Gasteiger partial charge in [-0.3, -0.25) is 10.1 Å². The molecular formula is C11H14N4OS. The van der Waals surface area contributed by atoms with Gasteiger partial charge in [0.1, 0.15) is 10.7 Å². The smallest absolute Gasteiger partial charge is 0.274 e. The predicted octanol–water partition coefficient (Wildman–Crippen LogP) is 2.25. The van der Waals surface area contributed by atoms with Crippen LogP contribution in [0.1, 0.15) is 35.3 Å². The van der Waals surface area contributed by atoms with Crippen molar-refractivity contribution in [3.05, 3.63) is 29.0 Å². The summed E-state index contributed by atoms with van der Waals surface area (Å²) in [5, 5.41) is 12.2. The standard InChI is InChI=1S/C11H14N4OS/c1-7(2)10-13-14-11(17-10)12-9(16)8-5-4-6-15(8)3/h4-7H,1-3H3,(H,12,14,16). The lowest BCUT2D eigenvalue weighted by molar-refractivity contribution is 0.101. The third-order valence-electron chi connectivity index (χ3n) is 2.33. The van der Waals surface area contributed by atoms with E-state index < -0.39 is 0 Å². The maximum Gasteiger partial charge on any atom is 0.274 e. The molecule has 0 aliphatic rings. The molecule has 2 aromatic rings. The molecule has 0 saturated heterocycles. The third-order valence-corrected chi connectivity index (χ3v) is 3.47. The quantitative estimate of drug-likeness (QED) is 0.909. The Kier molecular flexibility index (Phi) is 3.23. The first-order valence-corrected chi connectivity index (χ1v) is 6.15. The number of aromatic nitrogens is 3. The van der Waals surface area contributed by atoms with Crippen LogP contribution in [0.25, 0.3) is 0 Å². The van der Waals surface area contributed by atoms with Gasteiger partial charge in [0.25, 0.3) is 5.91 Å². The average molecular weight is 250 g/mol. The lowest BCUT2D eigenvalue weighted by Crippen LogP contribution is -2.15. The zero-order valence-corrected chi connectivity index (χ0v) is 10.8. The molecule has 0 saturated carbocycles. The highest BCUT2D eigenvalue weighted by Crippen LogP contribution is 2.22. The van der Waals surface area contributed by atoms with Crippen LogP contribution in [0.5, 0.6) is 0 Å². The number of hydrogen-bond donors (Lipinski definition) is 1. The van der Waals surface area contributed by atoms with E-state index in [1.54, 1.807) is 10.6 Å². The van der Waals surface area contributed by atoms with Crippen LogP contribution >= 0.6 is 11.3 Å². The van der Waals surface area contributed by atoms with Crippen LogP contribution in [-0.4, -0.2) is 20.7 Å². The minimum atomic E-state index is -0.163. The monoisotopic (exact) mass is 250 g/mol. The van der Waals surface area contributed by atoms with E-state index in [2.05, 4.69) is 15.5 Å². The van der Waals surface area contributed by atoms with Crippen molar-refractivity contribution in [2.24, 2.45) is 7.05 Å². The third kappa shape index (κ3) is 2.52. The Morgan fingerprint density at radius 3 is 2.76 bits per heavy atom. The maximum atomic E-state index is 11.9. The second-order valence-corrected chi connectivity index (χ2v) is 5.07. The van der Waals surface area contributed by atoms with E-state index in [1.165, 1.54) is 11.3 Å². The highest BCUT2D eigenvalue weighted by molar-refractivity contribution is 7.15. The number of anilines is 1. The summed E-state index contributed by atoms with van der Waals surface area (Å²) in [5.74, 6) is 0.164. The van der Waals surface area contributed by atoms with Gasteiger partial charge in [-0.05, 0) is 12.1 Å². The molecular weight excluding hydrogens is 236 g/mol. The van der Waals surface area contributed by atoms with Crippen molar-refractivity contribution in [2.75, 3.05) is 5.32 Å². The number of aryl methyl sites for hydroxylation is 1. The van der Waals surface area contributed by atoms with Gasteiger partial charge in [-0.1, -0.05) is 25.2 Å². The Morgan fingerprint density at radius 1 is 1.47 bits per heavy atom. The van der Waals surface area contributed by atoms with Crippen LogP contribution in [-0.2, 0) is 7.05 Å². The molecule has 0 aromatic carbocycles. The first-order valence-electron chi connectivity index (χ1n) is 5.34. The number of nitrogens with one attached hydrogen (secondary N) is 1. The molecule has 0 unspecified atom stereocenters. The normalized spacial score (nSPS) is 10.8. The molecule has 0 aliphatic carbocycles. The van der Waals surface area contributed by atoms with Gasteiger partial charge in [0.2, 0.25) is 5.13 Å². The summed E-state index contributed by atoms with van der Waals surface area (Å²) in [6.45, 7) is 4.09. The molecule has 1 amide bonds. The minimum Gasteiger partial charge on any atom is -0.347 e. The van der Waals surface area contributed by atoms with Gasteiger partial charge in [-0.25, -0.2) is 0 Å². The Hall–Kier alpha value is -1.69. The van der Waals surface area contributed by atoms with E-state index in [-0.39, 0.29) is 5.91 Å². The number of carbonyl (C=O) groups excluding carboxylic acids is 1. The van der Waals surface area contributed by atoms with Crippen LogP contribution in [0, 0.1) is 0 Å². The van der Waals surface area contributed by atoms with E-state index in [0.29, 0.717) is 16.7 Å². The largest absolute Gasteiger partial charge is 0.347 e. The van der Waals surface area contributed by atoms with Gasteiger partial charge >= 0.3 is 0 Å². The Morgan fingerprint density at radius 2 is 2.24 bits per heavy atom. The Balaban J connectivity index is 2.11. The zero-order valence-electron chi connectivity index (χ0n) is 9.97. The Bertz CT molecular complexity index is 529. The fourth-order valence-electron chi connectivity index (χ4n) is 1.38. The van der Waals surface area contributed by atoms with E-state index in [1.807, 2.05) is 33.2 Å². The number of carbonyl (C=O) groups is 1. The van der Waals surface area contributed by atoms with Crippen molar-refractivity contribution in [3.8, 4) is 0 Å². The van der Waals surface area contributed by atoms with E-state index >= 15 is 0 Å². The minimum absolute atomic E-state index is 0.163. The molecule has 0 fully saturated rings. The molecule has 6 heteroatoms. The fourth-order valence-corrected chi connectivity index (χ4v) is 2.12. The van der Waals surface area contributed by atoms with Gasteiger partial charge in [0.15, 0.2) is 0 Å². The first-order chi connectivity index (χ1) is 8.08. The predicted molar refractivity (Wildman–Crippen MR) is 67.4 cm³/mol. The van der Waals surface area contributed by atoms with E-state index in [0.717, 1.165) is 5.01 Å². The van der Waals surface area contributed by atoms with Crippen molar-refractivity contribution in [3.63, 3.8) is 0 Å². The summed E-state index contributed by atoms with van der Waals surface area (Å²) in [4.78, 5) is 11.9. The second kappa shape index (κ2) is 4.67. The summed E-state index contributed by atoms with van der Waals surface area (Å²) in [5.41, 5.74) is 0.603. The molecule has 0 spiro atoms. The maximum absolute atomic E-state index is 11.9. The average Bonchev–Trinajstić information content (AvgIpc) is 2.86. The van der Waals surface area contributed by atoms with Gasteiger partial charge in [-0.2, -0.15) is 0 Å². The molecule has 2 rings (SSSR count). The van der Waals surface area contributed by atoms with Crippen molar-refractivity contribution in [1.82, 2.24) is 14.8 Å². The molecule has 5 nitrogen and oxygen atoms in total. The molecule has 0 radical (unpaired) electrons. The lowest BCUT2D eigenvalue weighted by atomic mass is 10.2. The zero-order chi connectivity index (χ0) is 12.4. The summed E-state index contributed by atoms with van der Waals surface area (Å²) in [6, 6.07) is 3.59. The van der Waals surface area contributed by atoms with Gasteiger partial charge in [0.05, 0.1) is 0 Å². The molecule has 1 N–H and O–H groups in total. The van der Waals surface area contributed by atoms with E-state index in [4.69, 9.17) is 0 Å². The SMILES string of the molecule is CC(C)c1nnc(NC(=O)c2cccn2C)s1. The highest BCUT2D eigenvalue weighted by atomic mass is 32.1. The van der Waals surface area contributed by atoms with E-state index in [9.17, 15) is 4.79 Å². The van der Waals surface area contributed by atoms with Crippen molar-refractivity contribution < 1.29 is 4.79 Å². The summed E-state index contributed by atoms with van der Waals surface area (Å²) in [6.07, 6.45) is 1.83. The lowest BCUT2D eigenvalue weighted by Gasteiger charge is -2.01. The number of nitrogens with zero attached hydrogens (tertiary/aromatic N) is 3.